The van der Waals surface area contributed by atoms with Gasteiger partial charge in [-0.25, -0.2) is 9.07 Å². The third-order valence-electron chi connectivity index (χ3n) is 5.65. The van der Waals surface area contributed by atoms with Crippen LogP contribution in [0.3, 0.4) is 0 Å². The van der Waals surface area contributed by atoms with Crippen LogP contribution in [0.25, 0.3) is 11.5 Å². The largest absolute Gasteiger partial charge is 0.336 e. The molecule has 3 aromatic rings. The molecular weight excluding hydrogens is 395 g/mol. The molecule has 0 N–H and O–H groups in total. The maximum atomic E-state index is 13.4. The zero-order valence-corrected chi connectivity index (χ0v) is 17.6. The van der Waals surface area contributed by atoms with Crippen molar-refractivity contribution < 1.29 is 9.18 Å². The van der Waals surface area contributed by atoms with Crippen LogP contribution in [0, 0.1) is 23.1 Å². The first-order chi connectivity index (χ1) is 15.0. The molecule has 8 heteroatoms. The van der Waals surface area contributed by atoms with Crippen LogP contribution >= 0.6 is 0 Å². The second-order valence-corrected chi connectivity index (χ2v) is 8.01. The minimum atomic E-state index is -0.329. The topological polar surface area (TPSA) is 70.1 Å². The van der Waals surface area contributed by atoms with Crippen LogP contribution in [-0.2, 0) is 0 Å². The summed E-state index contributed by atoms with van der Waals surface area (Å²) in [6.07, 6.45) is 5.28. The van der Waals surface area contributed by atoms with E-state index in [-0.39, 0.29) is 23.7 Å². The third-order valence-corrected chi connectivity index (χ3v) is 5.65. The summed E-state index contributed by atoms with van der Waals surface area (Å²) < 4.78 is 16.9. The number of piperazine rings is 1. The molecule has 1 aliphatic rings. The van der Waals surface area contributed by atoms with Crippen LogP contribution in [0.5, 0.6) is 0 Å². The molecule has 7 nitrogen and oxygen atoms in total. The maximum Gasteiger partial charge on any atom is 0.259 e. The van der Waals surface area contributed by atoms with Crippen LogP contribution < -0.4 is 0 Å². The van der Waals surface area contributed by atoms with Crippen LogP contribution in [0.4, 0.5) is 4.39 Å². The van der Waals surface area contributed by atoms with Crippen molar-refractivity contribution in [1.82, 2.24) is 24.1 Å². The van der Waals surface area contributed by atoms with E-state index in [1.807, 2.05) is 47.8 Å². The van der Waals surface area contributed by atoms with Crippen LogP contribution in [-0.4, -0.2) is 62.3 Å². The van der Waals surface area contributed by atoms with Gasteiger partial charge in [-0.15, -0.1) is 0 Å². The number of hydrogen-bond acceptors (Lipinski definition) is 4. The maximum absolute atomic E-state index is 13.4. The van der Waals surface area contributed by atoms with Crippen molar-refractivity contribution in [1.29, 1.82) is 5.26 Å². The highest BCUT2D eigenvalue weighted by Gasteiger charge is 2.30. The molecule has 0 spiro atoms. The van der Waals surface area contributed by atoms with E-state index in [1.165, 1.54) is 12.1 Å². The van der Waals surface area contributed by atoms with Gasteiger partial charge in [0.05, 0.1) is 18.0 Å². The van der Waals surface area contributed by atoms with Gasteiger partial charge in [0.2, 0.25) is 0 Å². The molecule has 1 unspecified atom stereocenters. The summed E-state index contributed by atoms with van der Waals surface area (Å²) in [4.78, 5) is 17.4. The van der Waals surface area contributed by atoms with Crippen molar-refractivity contribution in [3.63, 3.8) is 0 Å². The molecule has 2 aromatic heterocycles. The number of carbonyl (C=O) groups is 1. The van der Waals surface area contributed by atoms with E-state index in [0.717, 1.165) is 0 Å². The Morgan fingerprint density at radius 2 is 1.74 bits per heavy atom. The molecule has 3 heterocycles. The molecule has 160 valence electrons. The first kappa shape index (κ1) is 20.8. The summed E-state index contributed by atoms with van der Waals surface area (Å²) in [6, 6.07) is 12.0. The van der Waals surface area contributed by atoms with Gasteiger partial charge < -0.3 is 9.47 Å². The molecule has 31 heavy (non-hydrogen) atoms. The average molecular weight is 420 g/mol. The molecule has 0 bridgehead atoms. The van der Waals surface area contributed by atoms with Crippen molar-refractivity contribution in [3.05, 3.63) is 66.4 Å². The number of amides is 1. The van der Waals surface area contributed by atoms with E-state index in [1.54, 1.807) is 23.0 Å². The monoisotopic (exact) mass is 420 g/mol. The standard InChI is InChI=1S/C23H25FN6O/c1-17(2)21(15-25)27-11-13-29(14-12-27)23(31)20-16-26-30(19-7-5-18(24)6-8-19)22(20)28-9-3-4-10-28/h3-10,16-17,21H,11-14H2,1-2H3. The average Bonchev–Trinajstić information content (AvgIpc) is 3.44. The lowest BCUT2D eigenvalue weighted by atomic mass is 10.0. The molecule has 1 atom stereocenters. The Kier molecular flexibility index (Phi) is 5.87. The second kappa shape index (κ2) is 8.74. The van der Waals surface area contributed by atoms with Crippen LogP contribution in [0.2, 0.25) is 0 Å². The number of nitrogens with zero attached hydrogens (tertiary/aromatic N) is 6. The lowest BCUT2D eigenvalue weighted by molar-refractivity contribution is 0.0576. The van der Waals surface area contributed by atoms with E-state index in [0.29, 0.717) is 43.2 Å². The van der Waals surface area contributed by atoms with Gasteiger partial charge in [0, 0.05) is 38.6 Å². The fourth-order valence-corrected chi connectivity index (χ4v) is 4.01. The van der Waals surface area contributed by atoms with Crippen molar-refractivity contribution >= 4 is 5.91 Å². The fourth-order valence-electron chi connectivity index (χ4n) is 4.01. The Morgan fingerprint density at radius 1 is 1.10 bits per heavy atom. The number of halogens is 1. The Balaban J connectivity index is 1.61. The zero-order chi connectivity index (χ0) is 22.0. The van der Waals surface area contributed by atoms with E-state index in [2.05, 4.69) is 16.1 Å². The quantitative estimate of drug-likeness (QED) is 0.636. The summed E-state index contributed by atoms with van der Waals surface area (Å²) in [5, 5.41) is 13.9. The van der Waals surface area contributed by atoms with E-state index in [4.69, 9.17) is 0 Å². The predicted molar refractivity (Wildman–Crippen MR) is 115 cm³/mol. The zero-order valence-electron chi connectivity index (χ0n) is 17.6. The van der Waals surface area contributed by atoms with E-state index >= 15 is 0 Å². The highest BCUT2D eigenvalue weighted by atomic mass is 19.1. The van der Waals surface area contributed by atoms with E-state index in [9.17, 15) is 14.4 Å². The summed E-state index contributed by atoms with van der Waals surface area (Å²) in [6.45, 7) is 6.50. The van der Waals surface area contributed by atoms with Crippen molar-refractivity contribution in [3.8, 4) is 17.6 Å². The summed E-state index contributed by atoms with van der Waals surface area (Å²) in [7, 11) is 0. The van der Waals surface area contributed by atoms with Gasteiger partial charge >= 0.3 is 0 Å². The van der Waals surface area contributed by atoms with Crippen molar-refractivity contribution in [2.45, 2.75) is 19.9 Å². The Labute approximate surface area is 180 Å². The highest BCUT2D eigenvalue weighted by Crippen LogP contribution is 2.23. The van der Waals surface area contributed by atoms with Crippen molar-refractivity contribution in [2.75, 3.05) is 26.2 Å². The number of aromatic nitrogens is 3. The molecular formula is C23H25FN6O. The number of hydrogen-bond donors (Lipinski definition) is 0. The van der Waals surface area contributed by atoms with Crippen molar-refractivity contribution in [2.24, 2.45) is 5.92 Å². The van der Waals surface area contributed by atoms with Gasteiger partial charge in [-0.1, -0.05) is 13.8 Å². The van der Waals surface area contributed by atoms with Gasteiger partial charge in [0.25, 0.3) is 5.91 Å². The molecule has 1 fully saturated rings. The first-order valence-electron chi connectivity index (χ1n) is 10.4. The SMILES string of the molecule is CC(C)C(C#N)N1CCN(C(=O)c2cnn(-c3ccc(F)cc3)c2-n2cccc2)CC1. The highest BCUT2D eigenvalue weighted by molar-refractivity contribution is 5.97. The fraction of sp³-hybridized carbons (Fsp3) is 0.348. The lowest BCUT2D eigenvalue weighted by Gasteiger charge is -2.38. The summed E-state index contributed by atoms with van der Waals surface area (Å²) in [5.74, 6) is 0.419. The molecule has 0 aliphatic carbocycles. The lowest BCUT2D eigenvalue weighted by Crippen LogP contribution is -2.52. The first-order valence-corrected chi connectivity index (χ1v) is 10.4. The number of carbonyl (C=O) groups excluding carboxylic acids is 1. The van der Waals surface area contributed by atoms with Crippen LogP contribution in [0.15, 0.2) is 55.0 Å². The Hall–Kier alpha value is -3.44. The number of benzene rings is 1. The Morgan fingerprint density at radius 3 is 2.32 bits per heavy atom. The predicted octanol–water partition coefficient (Wildman–Crippen LogP) is 3.11. The van der Waals surface area contributed by atoms with Crippen LogP contribution in [0.1, 0.15) is 24.2 Å². The van der Waals surface area contributed by atoms with Gasteiger partial charge in [0.15, 0.2) is 5.82 Å². The summed E-state index contributed by atoms with van der Waals surface area (Å²) >= 11 is 0. The molecule has 1 aromatic carbocycles. The third kappa shape index (κ3) is 4.09. The number of rotatable bonds is 5. The van der Waals surface area contributed by atoms with E-state index < -0.39 is 0 Å². The molecule has 1 saturated heterocycles. The minimum absolute atomic E-state index is 0.102. The van der Waals surface area contributed by atoms with Gasteiger partial charge in [-0.2, -0.15) is 10.4 Å². The molecule has 0 radical (unpaired) electrons. The number of nitriles is 1. The smallest absolute Gasteiger partial charge is 0.259 e. The second-order valence-electron chi connectivity index (χ2n) is 8.01. The van der Waals surface area contributed by atoms with Gasteiger partial charge in [-0.3, -0.25) is 9.69 Å². The molecule has 1 aliphatic heterocycles. The van der Waals surface area contributed by atoms with Gasteiger partial charge in [0.1, 0.15) is 17.4 Å². The van der Waals surface area contributed by atoms with Gasteiger partial charge in [-0.05, 0) is 42.3 Å². The normalized spacial score (nSPS) is 15.8. The molecule has 0 saturated carbocycles. The minimum Gasteiger partial charge on any atom is -0.336 e. The molecule has 4 rings (SSSR count). The molecule has 1 amide bonds. The summed E-state index contributed by atoms with van der Waals surface area (Å²) in [5.41, 5.74) is 1.15. The Bertz CT molecular complexity index is 1070.